The summed E-state index contributed by atoms with van der Waals surface area (Å²) in [7, 11) is 6.18. The molecule has 1 aliphatic rings. The third-order valence-corrected chi connectivity index (χ3v) is 5.53. The van der Waals surface area contributed by atoms with Gasteiger partial charge in [0.25, 0.3) is 0 Å². The second-order valence-corrected chi connectivity index (χ2v) is 7.53. The number of rotatable bonds is 10. The fraction of sp³-hybridized carbons (Fsp3) is 0.417. The van der Waals surface area contributed by atoms with E-state index < -0.39 is 5.92 Å². The van der Waals surface area contributed by atoms with Crippen LogP contribution in [0.1, 0.15) is 12.0 Å². The van der Waals surface area contributed by atoms with Crippen LogP contribution in [0.25, 0.3) is 0 Å². The summed E-state index contributed by atoms with van der Waals surface area (Å²) in [6.45, 7) is 1.64. The van der Waals surface area contributed by atoms with Crippen molar-refractivity contribution in [1.29, 1.82) is 0 Å². The molecule has 1 saturated heterocycles. The minimum absolute atomic E-state index is 0.0609. The van der Waals surface area contributed by atoms with Crippen molar-refractivity contribution < 1.29 is 28.5 Å². The van der Waals surface area contributed by atoms with Gasteiger partial charge >= 0.3 is 0 Å². The minimum atomic E-state index is -0.442. The molecule has 3 rings (SSSR count). The van der Waals surface area contributed by atoms with E-state index in [1.54, 1.807) is 29.0 Å². The summed E-state index contributed by atoms with van der Waals surface area (Å²) >= 11 is 0. The van der Waals surface area contributed by atoms with Crippen molar-refractivity contribution in [2.75, 3.05) is 53.0 Å². The molecule has 2 aromatic rings. The lowest BCUT2D eigenvalue weighted by Crippen LogP contribution is -2.39. The average Bonchev–Trinajstić information content (AvgIpc) is 3.22. The molecular formula is C24H30N2O6. The van der Waals surface area contributed by atoms with Gasteiger partial charge in [-0.2, -0.15) is 0 Å². The van der Waals surface area contributed by atoms with Gasteiger partial charge in [0.15, 0.2) is 11.5 Å². The van der Waals surface area contributed by atoms with Crippen LogP contribution >= 0.6 is 0 Å². The Kier molecular flexibility index (Phi) is 7.94. The first-order valence-corrected chi connectivity index (χ1v) is 10.4. The minimum Gasteiger partial charge on any atom is -0.493 e. The van der Waals surface area contributed by atoms with Crippen LogP contribution in [0.2, 0.25) is 0 Å². The topological polar surface area (TPSA) is 77.5 Å². The fourth-order valence-corrected chi connectivity index (χ4v) is 3.88. The smallest absolute Gasteiger partial charge is 0.228 e. The van der Waals surface area contributed by atoms with E-state index in [1.807, 2.05) is 30.3 Å². The van der Waals surface area contributed by atoms with E-state index in [4.69, 9.17) is 18.9 Å². The molecule has 0 bridgehead atoms. The molecule has 1 unspecified atom stereocenters. The van der Waals surface area contributed by atoms with Gasteiger partial charge < -0.3 is 28.7 Å². The quantitative estimate of drug-likeness (QED) is 0.563. The van der Waals surface area contributed by atoms with E-state index >= 15 is 0 Å². The Balaban J connectivity index is 1.80. The Bertz CT molecular complexity index is 908. The first-order valence-electron chi connectivity index (χ1n) is 10.4. The van der Waals surface area contributed by atoms with Gasteiger partial charge in [0, 0.05) is 45.3 Å². The first-order chi connectivity index (χ1) is 15.5. The molecule has 8 heteroatoms. The molecule has 1 aliphatic heterocycles. The van der Waals surface area contributed by atoms with E-state index in [0.717, 1.165) is 5.56 Å². The zero-order valence-electron chi connectivity index (χ0n) is 19.0. The number of amides is 2. The Hall–Kier alpha value is -3.26. The van der Waals surface area contributed by atoms with Crippen molar-refractivity contribution in [1.82, 2.24) is 4.90 Å². The first kappa shape index (κ1) is 23.4. The fourth-order valence-electron chi connectivity index (χ4n) is 3.88. The summed E-state index contributed by atoms with van der Waals surface area (Å²) < 4.78 is 21.4. The van der Waals surface area contributed by atoms with Gasteiger partial charge in [-0.25, -0.2) is 0 Å². The maximum absolute atomic E-state index is 13.3. The van der Waals surface area contributed by atoms with Crippen LogP contribution in [-0.4, -0.2) is 64.8 Å². The zero-order chi connectivity index (χ0) is 23.1. The van der Waals surface area contributed by atoms with Crippen LogP contribution in [0.5, 0.6) is 17.2 Å². The Labute approximate surface area is 188 Å². The number of benzene rings is 2. The Morgan fingerprint density at radius 3 is 2.25 bits per heavy atom. The third kappa shape index (κ3) is 5.13. The summed E-state index contributed by atoms with van der Waals surface area (Å²) in [6, 6.07) is 13.2. The highest BCUT2D eigenvalue weighted by atomic mass is 16.5. The van der Waals surface area contributed by atoms with Crippen molar-refractivity contribution in [3.8, 4) is 17.2 Å². The molecule has 0 N–H and O–H groups in total. The van der Waals surface area contributed by atoms with E-state index in [2.05, 4.69) is 0 Å². The predicted octanol–water partition coefficient (Wildman–Crippen LogP) is 2.74. The van der Waals surface area contributed by atoms with Crippen LogP contribution in [-0.2, 0) is 20.9 Å². The number of carbonyl (C=O) groups excluding carboxylic acids is 2. The number of methoxy groups -OCH3 is 4. The van der Waals surface area contributed by atoms with Crippen LogP contribution in [0, 0.1) is 5.92 Å². The SMILES string of the molecule is COCCN(Cc1ccccc1)C(=O)C1CC(=O)N(c2cc(OC)c(OC)c(OC)c2)C1. The van der Waals surface area contributed by atoms with Gasteiger partial charge in [0.2, 0.25) is 17.6 Å². The number of carbonyl (C=O) groups is 2. The van der Waals surface area contributed by atoms with Crippen molar-refractivity contribution in [2.45, 2.75) is 13.0 Å². The second-order valence-electron chi connectivity index (χ2n) is 7.53. The molecule has 32 heavy (non-hydrogen) atoms. The molecule has 0 radical (unpaired) electrons. The van der Waals surface area contributed by atoms with Crippen LogP contribution in [0.3, 0.4) is 0 Å². The van der Waals surface area contributed by atoms with Crippen molar-refractivity contribution in [2.24, 2.45) is 5.92 Å². The van der Waals surface area contributed by atoms with Crippen LogP contribution in [0.15, 0.2) is 42.5 Å². The molecular weight excluding hydrogens is 412 g/mol. The lowest BCUT2D eigenvalue weighted by Gasteiger charge is -2.26. The number of hydrogen-bond donors (Lipinski definition) is 0. The standard InChI is InChI=1S/C24H30N2O6/c1-29-11-10-25(15-17-8-6-5-7-9-17)24(28)18-12-22(27)26(16-18)19-13-20(30-2)23(32-4)21(14-19)31-3/h5-9,13-14,18H,10-12,15-16H2,1-4H3. The monoisotopic (exact) mass is 442 g/mol. The van der Waals surface area contributed by atoms with Crippen LogP contribution in [0.4, 0.5) is 5.69 Å². The highest BCUT2D eigenvalue weighted by molar-refractivity contribution is 6.00. The lowest BCUT2D eigenvalue weighted by molar-refractivity contribution is -0.137. The van der Waals surface area contributed by atoms with Crippen molar-refractivity contribution >= 4 is 17.5 Å². The number of hydrogen-bond acceptors (Lipinski definition) is 6. The van der Waals surface area contributed by atoms with Crippen LogP contribution < -0.4 is 19.1 Å². The second kappa shape index (κ2) is 10.9. The number of anilines is 1. The molecule has 1 heterocycles. The average molecular weight is 443 g/mol. The highest BCUT2D eigenvalue weighted by Crippen LogP contribution is 2.42. The number of ether oxygens (including phenoxy) is 4. The number of nitrogens with zero attached hydrogens (tertiary/aromatic N) is 2. The summed E-state index contributed by atoms with van der Waals surface area (Å²) in [6.07, 6.45) is 0.147. The molecule has 8 nitrogen and oxygen atoms in total. The van der Waals surface area contributed by atoms with E-state index in [-0.39, 0.29) is 24.8 Å². The largest absolute Gasteiger partial charge is 0.493 e. The molecule has 2 amide bonds. The van der Waals surface area contributed by atoms with Gasteiger partial charge in [0.1, 0.15) is 0 Å². The normalized spacial score (nSPS) is 15.6. The molecule has 1 atom stereocenters. The molecule has 0 aromatic heterocycles. The maximum atomic E-state index is 13.3. The van der Waals surface area contributed by atoms with Crippen molar-refractivity contribution in [3.05, 3.63) is 48.0 Å². The van der Waals surface area contributed by atoms with Gasteiger partial charge in [-0.15, -0.1) is 0 Å². The molecule has 2 aromatic carbocycles. The summed E-state index contributed by atoms with van der Waals surface area (Å²) in [5.41, 5.74) is 1.63. The summed E-state index contributed by atoms with van der Waals surface area (Å²) in [5.74, 6) is 0.734. The summed E-state index contributed by atoms with van der Waals surface area (Å²) in [5, 5.41) is 0. The lowest BCUT2D eigenvalue weighted by atomic mass is 10.1. The van der Waals surface area contributed by atoms with E-state index in [1.165, 1.54) is 21.3 Å². The Morgan fingerprint density at radius 1 is 1.03 bits per heavy atom. The maximum Gasteiger partial charge on any atom is 0.228 e. The molecule has 0 spiro atoms. The van der Waals surface area contributed by atoms with Gasteiger partial charge in [-0.05, 0) is 5.56 Å². The van der Waals surface area contributed by atoms with Crippen molar-refractivity contribution in [3.63, 3.8) is 0 Å². The van der Waals surface area contributed by atoms with E-state index in [0.29, 0.717) is 42.6 Å². The van der Waals surface area contributed by atoms with Gasteiger partial charge in [-0.3, -0.25) is 9.59 Å². The molecule has 0 aliphatic carbocycles. The molecule has 1 fully saturated rings. The highest BCUT2D eigenvalue weighted by Gasteiger charge is 2.38. The third-order valence-electron chi connectivity index (χ3n) is 5.53. The summed E-state index contributed by atoms with van der Waals surface area (Å²) in [4.78, 5) is 29.6. The molecule has 172 valence electrons. The van der Waals surface area contributed by atoms with E-state index in [9.17, 15) is 9.59 Å². The zero-order valence-corrected chi connectivity index (χ0v) is 19.0. The predicted molar refractivity (Wildman–Crippen MR) is 120 cm³/mol. The Morgan fingerprint density at radius 2 is 1.69 bits per heavy atom. The van der Waals surface area contributed by atoms with Gasteiger partial charge in [-0.1, -0.05) is 30.3 Å². The van der Waals surface area contributed by atoms with Gasteiger partial charge in [0.05, 0.1) is 39.5 Å². The molecule has 0 saturated carbocycles.